The van der Waals surface area contributed by atoms with E-state index >= 15 is 0 Å². The van der Waals surface area contributed by atoms with Gasteiger partial charge in [-0.25, -0.2) is 8.42 Å². The van der Waals surface area contributed by atoms with Crippen LogP contribution in [0.5, 0.6) is 0 Å². The van der Waals surface area contributed by atoms with Gasteiger partial charge in [0, 0.05) is 13.1 Å². The van der Waals surface area contributed by atoms with Crippen molar-refractivity contribution in [3.8, 4) is 0 Å². The summed E-state index contributed by atoms with van der Waals surface area (Å²) in [5.41, 5.74) is 0. The van der Waals surface area contributed by atoms with E-state index in [9.17, 15) is 13.2 Å². The summed E-state index contributed by atoms with van der Waals surface area (Å²) in [6.07, 6.45) is 6.28. The molecule has 1 aromatic carbocycles. The number of nitrogens with zero attached hydrogens (tertiary/aromatic N) is 1. The number of benzene rings is 1. The zero-order valence-corrected chi connectivity index (χ0v) is 16.8. The van der Waals surface area contributed by atoms with E-state index in [1.165, 1.54) is 23.6 Å². The van der Waals surface area contributed by atoms with Crippen LogP contribution in [-0.2, 0) is 19.6 Å². The minimum Gasteiger partial charge on any atom is -0.376 e. The Kier molecular flexibility index (Phi) is 6.89. The fourth-order valence-corrected chi connectivity index (χ4v) is 5.73. The summed E-state index contributed by atoms with van der Waals surface area (Å²) in [5.74, 6) is 0.336. The third-order valence-electron chi connectivity index (χ3n) is 5.62. The Morgan fingerprint density at radius 2 is 1.89 bits per heavy atom. The zero-order chi connectivity index (χ0) is 19.3. The van der Waals surface area contributed by atoms with Gasteiger partial charge in [0.1, 0.15) is 6.04 Å². The van der Waals surface area contributed by atoms with Crippen LogP contribution in [0.3, 0.4) is 0 Å². The standard InChI is InChI=1S/C20H30N2O4S/c1-16-8-5-6-12-19(16)26-15-13-21-20(23)18-11-7-14-22(18)27(24,25)17-9-3-2-4-10-17/h2-4,9-10,16,18-19H,5-8,11-15H2,1H3,(H,21,23)/t16-,18+,19-/m1/s1. The van der Waals surface area contributed by atoms with Crippen molar-refractivity contribution in [1.29, 1.82) is 0 Å². The van der Waals surface area contributed by atoms with Gasteiger partial charge in [0.05, 0.1) is 17.6 Å². The average molecular weight is 395 g/mol. The Hall–Kier alpha value is -1.44. The zero-order valence-electron chi connectivity index (χ0n) is 16.0. The summed E-state index contributed by atoms with van der Waals surface area (Å²) in [7, 11) is -3.65. The van der Waals surface area contributed by atoms with Gasteiger partial charge in [-0.2, -0.15) is 4.31 Å². The molecule has 3 rings (SSSR count). The van der Waals surface area contributed by atoms with Crippen LogP contribution in [0.1, 0.15) is 45.4 Å². The molecular weight excluding hydrogens is 364 g/mol. The Morgan fingerprint density at radius 3 is 2.63 bits per heavy atom. The summed E-state index contributed by atoms with van der Waals surface area (Å²) in [6.45, 7) is 3.48. The third-order valence-corrected chi connectivity index (χ3v) is 7.54. The first-order valence-corrected chi connectivity index (χ1v) is 11.4. The van der Waals surface area contributed by atoms with E-state index in [4.69, 9.17) is 4.74 Å². The van der Waals surface area contributed by atoms with E-state index in [-0.39, 0.29) is 16.9 Å². The molecule has 1 aliphatic heterocycles. The highest BCUT2D eigenvalue weighted by Gasteiger charge is 2.39. The summed E-state index contributed by atoms with van der Waals surface area (Å²) >= 11 is 0. The molecule has 0 radical (unpaired) electrons. The Bertz CT molecular complexity index is 723. The lowest BCUT2D eigenvalue weighted by molar-refractivity contribution is -0.124. The molecule has 1 amide bonds. The molecule has 1 heterocycles. The second-order valence-electron chi connectivity index (χ2n) is 7.55. The maximum atomic E-state index is 12.8. The smallest absolute Gasteiger partial charge is 0.243 e. The molecule has 3 atom stereocenters. The molecule has 2 fully saturated rings. The molecule has 0 spiro atoms. The molecule has 1 saturated heterocycles. The first-order chi connectivity index (χ1) is 13.0. The number of amides is 1. The van der Waals surface area contributed by atoms with Gasteiger partial charge in [-0.1, -0.05) is 38.0 Å². The predicted molar refractivity (Wildman–Crippen MR) is 104 cm³/mol. The molecule has 0 unspecified atom stereocenters. The molecule has 1 saturated carbocycles. The van der Waals surface area contributed by atoms with Gasteiger partial charge in [-0.05, 0) is 43.7 Å². The van der Waals surface area contributed by atoms with E-state index in [0.29, 0.717) is 38.5 Å². The minimum absolute atomic E-state index is 0.229. The first-order valence-electron chi connectivity index (χ1n) is 9.96. The van der Waals surface area contributed by atoms with Crippen molar-refractivity contribution in [2.24, 2.45) is 5.92 Å². The van der Waals surface area contributed by atoms with Crippen molar-refractivity contribution in [3.05, 3.63) is 30.3 Å². The van der Waals surface area contributed by atoms with Crippen LogP contribution in [0.25, 0.3) is 0 Å². The Labute approximate surface area is 162 Å². The van der Waals surface area contributed by atoms with Gasteiger partial charge in [0.15, 0.2) is 0 Å². The second-order valence-corrected chi connectivity index (χ2v) is 9.44. The molecule has 0 bridgehead atoms. The highest BCUT2D eigenvalue weighted by atomic mass is 32.2. The van der Waals surface area contributed by atoms with E-state index in [1.54, 1.807) is 30.3 Å². The fraction of sp³-hybridized carbons (Fsp3) is 0.650. The number of ether oxygens (including phenoxy) is 1. The number of rotatable bonds is 7. The maximum Gasteiger partial charge on any atom is 0.243 e. The minimum atomic E-state index is -3.65. The lowest BCUT2D eigenvalue weighted by Crippen LogP contribution is -2.46. The third kappa shape index (κ3) is 4.89. The van der Waals surface area contributed by atoms with Crippen molar-refractivity contribution in [2.45, 2.75) is 62.5 Å². The van der Waals surface area contributed by atoms with Crippen molar-refractivity contribution in [2.75, 3.05) is 19.7 Å². The molecule has 27 heavy (non-hydrogen) atoms. The quantitative estimate of drug-likeness (QED) is 0.721. The van der Waals surface area contributed by atoms with Gasteiger partial charge in [0.2, 0.25) is 15.9 Å². The van der Waals surface area contributed by atoms with Crippen LogP contribution in [-0.4, -0.2) is 50.5 Å². The van der Waals surface area contributed by atoms with Gasteiger partial charge < -0.3 is 10.1 Å². The topological polar surface area (TPSA) is 75.7 Å². The summed E-state index contributed by atoms with van der Waals surface area (Å²) in [6, 6.07) is 7.68. The fourth-order valence-electron chi connectivity index (χ4n) is 4.05. The molecule has 1 N–H and O–H groups in total. The molecular formula is C20H30N2O4S. The highest BCUT2D eigenvalue weighted by molar-refractivity contribution is 7.89. The van der Waals surface area contributed by atoms with E-state index < -0.39 is 16.1 Å². The lowest BCUT2D eigenvalue weighted by atomic mass is 9.88. The molecule has 0 aromatic heterocycles. The molecule has 1 aliphatic carbocycles. The Morgan fingerprint density at radius 1 is 1.15 bits per heavy atom. The molecule has 1 aromatic rings. The normalized spacial score (nSPS) is 26.8. The lowest BCUT2D eigenvalue weighted by Gasteiger charge is -2.29. The molecule has 6 nitrogen and oxygen atoms in total. The number of hydrogen-bond acceptors (Lipinski definition) is 4. The van der Waals surface area contributed by atoms with Crippen LogP contribution in [0, 0.1) is 5.92 Å². The number of sulfonamides is 1. The maximum absolute atomic E-state index is 12.8. The largest absolute Gasteiger partial charge is 0.376 e. The van der Waals surface area contributed by atoms with Crippen molar-refractivity contribution < 1.29 is 17.9 Å². The summed E-state index contributed by atoms with van der Waals surface area (Å²) in [5, 5.41) is 2.86. The van der Waals surface area contributed by atoms with Crippen LogP contribution in [0.2, 0.25) is 0 Å². The molecule has 150 valence electrons. The van der Waals surface area contributed by atoms with Crippen LogP contribution in [0.15, 0.2) is 35.2 Å². The van der Waals surface area contributed by atoms with Gasteiger partial charge in [-0.3, -0.25) is 4.79 Å². The predicted octanol–water partition coefficient (Wildman–Crippen LogP) is 2.55. The van der Waals surface area contributed by atoms with Gasteiger partial charge >= 0.3 is 0 Å². The highest BCUT2D eigenvalue weighted by Crippen LogP contribution is 2.27. The number of carbonyl (C=O) groups excluding carboxylic acids is 1. The van der Waals surface area contributed by atoms with Gasteiger partial charge in [0.25, 0.3) is 0 Å². The van der Waals surface area contributed by atoms with Gasteiger partial charge in [-0.15, -0.1) is 0 Å². The van der Waals surface area contributed by atoms with Crippen LogP contribution >= 0.6 is 0 Å². The van der Waals surface area contributed by atoms with Crippen molar-refractivity contribution in [3.63, 3.8) is 0 Å². The van der Waals surface area contributed by atoms with Crippen molar-refractivity contribution >= 4 is 15.9 Å². The SMILES string of the molecule is C[C@@H]1CCCC[C@H]1OCCNC(=O)[C@@H]1CCCN1S(=O)(=O)c1ccccc1. The van der Waals surface area contributed by atoms with Crippen molar-refractivity contribution in [1.82, 2.24) is 9.62 Å². The first kappa shape index (κ1) is 20.3. The summed E-state index contributed by atoms with van der Waals surface area (Å²) < 4.78 is 32.9. The van der Waals surface area contributed by atoms with Crippen LogP contribution < -0.4 is 5.32 Å². The number of carbonyl (C=O) groups is 1. The average Bonchev–Trinajstić information content (AvgIpc) is 3.18. The monoisotopic (exact) mass is 394 g/mol. The summed E-state index contributed by atoms with van der Waals surface area (Å²) in [4.78, 5) is 12.8. The second kappa shape index (κ2) is 9.17. The Balaban J connectivity index is 1.51. The molecule has 2 aliphatic rings. The van der Waals surface area contributed by atoms with E-state index in [2.05, 4.69) is 12.2 Å². The molecule has 7 heteroatoms. The van der Waals surface area contributed by atoms with E-state index in [0.717, 1.165) is 6.42 Å². The van der Waals surface area contributed by atoms with E-state index in [1.807, 2.05) is 0 Å². The van der Waals surface area contributed by atoms with Crippen LogP contribution in [0.4, 0.5) is 0 Å². The number of hydrogen-bond donors (Lipinski definition) is 1. The number of nitrogens with one attached hydrogen (secondary N) is 1.